The number of likely N-dealkylation sites (N-methyl/N-ethyl adjacent to an activating group) is 1. The molecule has 3 nitrogen and oxygen atoms in total. The van der Waals surface area contributed by atoms with Gasteiger partial charge < -0.3 is 5.32 Å². The van der Waals surface area contributed by atoms with Crippen molar-refractivity contribution in [2.45, 2.75) is 32.4 Å². The molecule has 1 fully saturated rings. The lowest BCUT2D eigenvalue weighted by molar-refractivity contribution is 0.215. The minimum atomic E-state index is 0.395. The maximum atomic E-state index is 4.33. The fourth-order valence-electron chi connectivity index (χ4n) is 2.61. The number of nitrogens with zero attached hydrogens (tertiary/aromatic N) is 2. The Labute approximate surface area is 121 Å². The van der Waals surface area contributed by atoms with E-state index in [1.807, 2.05) is 12.4 Å². The molecule has 1 aliphatic heterocycles. The van der Waals surface area contributed by atoms with Crippen LogP contribution in [0.15, 0.2) is 18.5 Å². The Balaban J connectivity index is 2.22. The summed E-state index contributed by atoms with van der Waals surface area (Å²) in [6.07, 6.45) is 5.09. The molecule has 0 spiro atoms. The normalized spacial score (nSPS) is 22.4. The van der Waals surface area contributed by atoms with E-state index in [4.69, 9.17) is 0 Å². The molecule has 2 heterocycles. The third-order valence-electron chi connectivity index (χ3n) is 3.86. The molecule has 1 N–H and O–H groups in total. The molecule has 2 atom stereocenters. The first-order valence-corrected chi connectivity index (χ1v) is 8.31. The Bertz CT molecular complexity index is 397. The first-order chi connectivity index (χ1) is 9.24. The highest BCUT2D eigenvalue weighted by Crippen LogP contribution is 2.28. The lowest BCUT2D eigenvalue weighted by Gasteiger charge is -2.38. The molecule has 0 aliphatic carbocycles. The van der Waals surface area contributed by atoms with E-state index in [0.717, 1.165) is 6.54 Å². The molecule has 1 aromatic heterocycles. The maximum Gasteiger partial charge on any atom is 0.0504 e. The SMILES string of the molecule is CCCNC(c1cnccc1C)C1CSCCN1C. The number of hydrogen-bond donors (Lipinski definition) is 1. The second kappa shape index (κ2) is 7.27. The molecule has 106 valence electrons. The van der Waals surface area contributed by atoms with Crippen LogP contribution in [0.2, 0.25) is 0 Å². The Morgan fingerprint density at radius 2 is 2.42 bits per heavy atom. The molecule has 1 saturated heterocycles. The van der Waals surface area contributed by atoms with Crippen molar-refractivity contribution in [1.29, 1.82) is 0 Å². The molecule has 1 aromatic rings. The van der Waals surface area contributed by atoms with Crippen molar-refractivity contribution in [3.8, 4) is 0 Å². The first kappa shape index (κ1) is 14.8. The van der Waals surface area contributed by atoms with Crippen molar-refractivity contribution in [3.63, 3.8) is 0 Å². The fourth-order valence-corrected chi connectivity index (χ4v) is 3.88. The summed E-state index contributed by atoms with van der Waals surface area (Å²) in [7, 11) is 2.25. The lowest BCUT2D eigenvalue weighted by Crippen LogP contribution is -2.48. The Kier molecular flexibility index (Phi) is 5.67. The summed E-state index contributed by atoms with van der Waals surface area (Å²) in [5.41, 5.74) is 2.70. The monoisotopic (exact) mass is 279 g/mol. The highest BCUT2D eigenvalue weighted by Gasteiger charge is 2.29. The van der Waals surface area contributed by atoms with Crippen LogP contribution in [0.5, 0.6) is 0 Å². The van der Waals surface area contributed by atoms with Crippen LogP contribution in [-0.2, 0) is 0 Å². The summed E-state index contributed by atoms with van der Waals surface area (Å²) in [6, 6.07) is 3.08. The predicted octanol–water partition coefficient (Wildman–Crippen LogP) is 2.48. The van der Waals surface area contributed by atoms with Gasteiger partial charge in [-0.05, 0) is 44.1 Å². The van der Waals surface area contributed by atoms with E-state index in [-0.39, 0.29) is 0 Å². The number of hydrogen-bond acceptors (Lipinski definition) is 4. The van der Waals surface area contributed by atoms with Gasteiger partial charge >= 0.3 is 0 Å². The van der Waals surface area contributed by atoms with Crippen LogP contribution < -0.4 is 5.32 Å². The molecule has 2 unspecified atom stereocenters. The second-order valence-electron chi connectivity index (χ2n) is 5.29. The smallest absolute Gasteiger partial charge is 0.0504 e. The Hall–Kier alpha value is -0.580. The molecule has 0 amide bonds. The Morgan fingerprint density at radius 3 is 3.11 bits per heavy atom. The van der Waals surface area contributed by atoms with Crippen LogP contribution in [0, 0.1) is 6.92 Å². The first-order valence-electron chi connectivity index (χ1n) is 7.16. The average Bonchev–Trinajstić information content (AvgIpc) is 2.42. The molecule has 1 aliphatic rings. The van der Waals surface area contributed by atoms with E-state index >= 15 is 0 Å². The second-order valence-corrected chi connectivity index (χ2v) is 6.44. The van der Waals surface area contributed by atoms with Gasteiger partial charge in [0.15, 0.2) is 0 Å². The van der Waals surface area contributed by atoms with Gasteiger partial charge in [-0.15, -0.1) is 0 Å². The van der Waals surface area contributed by atoms with Crippen LogP contribution >= 0.6 is 11.8 Å². The van der Waals surface area contributed by atoms with Crippen LogP contribution in [0.1, 0.15) is 30.5 Å². The van der Waals surface area contributed by atoms with Gasteiger partial charge in [-0.1, -0.05) is 6.92 Å². The van der Waals surface area contributed by atoms with Gasteiger partial charge in [0.1, 0.15) is 0 Å². The summed E-state index contributed by atoms with van der Waals surface area (Å²) in [5.74, 6) is 2.45. The third kappa shape index (κ3) is 3.71. The van der Waals surface area contributed by atoms with Gasteiger partial charge in [0.25, 0.3) is 0 Å². The van der Waals surface area contributed by atoms with E-state index < -0.39 is 0 Å². The number of rotatable bonds is 5. The summed E-state index contributed by atoms with van der Waals surface area (Å²) in [4.78, 5) is 6.83. The maximum absolute atomic E-state index is 4.33. The van der Waals surface area contributed by atoms with Crippen LogP contribution in [-0.4, -0.2) is 47.6 Å². The van der Waals surface area contributed by atoms with Gasteiger partial charge in [0.05, 0.1) is 6.04 Å². The molecule has 2 rings (SSSR count). The minimum Gasteiger partial charge on any atom is -0.309 e. The topological polar surface area (TPSA) is 28.2 Å². The summed E-state index contributed by atoms with van der Waals surface area (Å²) in [5, 5.41) is 3.73. The molecule has 4 heteroatoms. The van der Waals surface area contributed by atoms with Gasteiger partial charge in [0, 0.05) is 36.5 Å². The largest absolute Gasteiger partial charge is 0.309 e. The molecule has 19 heavy (non-hydrogen) atoms. The van der Waals surface area contributed by atoms with Crippen LogP contribution in [0.3, 0.4) is 0 Å². The average molecular weight is 279 g/mol. The molecule has 0 aromatic carbocycles. The molecule has 0 radical (unpaired) electrons. The van der Waals surface area contributed by atoms with Crippen molar-refractivity contribution < 1.29 is 0 Å². The summed E-state index contributed by atoms with van der Waals surface area (Å²) in [6.45, 7) is 6.65. The van der Waals surface area contributed by atoms with Crippen LogP contribution in [0.4, 0.5) is 0 Å². The molecular weight excluding hydrogens is 254 g/mol. The van der Waals surface area contributed by atoms with E-state index in [0.29, 0.717) is 12.1 Å². The van der Waals surface area contributed by atoms with Crippen molar-refractivity contribution >= 4 is 11.8 Å². The van der Waals surface area contributed by atoms with E-state index in [1.54, 1.807) is 0 Å². The Morgan fingerprint density at radius 1 is 1.58 bits per heavy atom. The molecule has 0 bridgehead atoms. The number of aromatic nitrogens is 1. The van der Waals surface area contributed by atoms with Gasteiger partial charge in [-0.25, -0.2) is 0 Å². The van der Waals surface area contributed by atoms with E-state index in [9.17, 15) is 0 Å². The highest BCUT2D eigenvalue weighted by molar-refractivity contribution is 7.99. The number of nitrogens with one attached hydrogen (secondary N) is 1. The standard InChI is InChI=1S/C15H25N3S/c1-4-6-17-15(13-10-16-7-5-12(13)2)14-11-19-9-8-18(14)3/h5,7,10,14-15,17H,4,6,8-9,11H2,1-3H3. The summed E-state index contributed by atoms with van der Waals surface area (Å²) < 4.78 is 0. The zero-order chi connectivity index (χ0) is 13.7. The van der Waals surface area contributed by atoms with Gasteiger partial charge in [-0.2, -0.15) is 11.8 Å². The summed E-state index contributed by atoms with van der Waals surface area (Å²) >= 11 is 2.07. The lowest BCUT2D eigenvalue weighted by atomic mass is 9.97. The third-order valence-corrected chi connectivity index (χ3v) is 4.91. The van der Waals surface area contributed by atoms with Crippen molar-refractivity contribution in [1.82, 2.24) is 15.2 Å². The van der Waals surface area contributed by atoms with Crippen molar-refractivity contribution in [2.75, 3.05) is 31.6 Å². The fraction of sp³-hybridized carbons (Fsp3) is 0.667. The zero-order valence-corrected chi connectivity index (χ0v) is 13.0. The van der Waals surface area contributed by atoms with E-state index in [1.165, 1.54) is 35.6 Å². The molecule has 0 saturated carbocycles. The van der Waals surface area contributed by atoms with Crippen LogP contribution in [0.25, 0.3) is 0 Å². The van der Waals surface area contributed by atoms with Gasteiger partial charge in [0.2, 0.25) is 0 Å². The van der Waals surface area contributed by atoms with Crippen molar-refractivity contribution in [3.05, 3.63) is 29.6 Å². The highest BCUT2D eigenvalue weighted by atomic mass is 32.2. The minimum absolute atomic E-state index is 0.395. The number of thioether (sulfide) groups is 1. The zero-order valence-electron chi connectivity index (χ0n) is 12.2. The predicted molar refractivity (Wildman–Crippen MR) is 83.8 cm³/mol. The van der Waals surface area contributed by atoms with Gasteiger partial charge in [-0.3, -0.25) is 9.88 Å². The molecular formula is C15H25N3S. The number of aryl methyl sites for hydroxylation is 1. The van der Waals surface area contributed by atoms with Crippen molar-refractivity contribution in [2.24, 2.45) is 0 Å². The quantitative estimate of drug-likeness (QED) is 0.896. The van der Waals surface area contributed by atoms with E-state index in [2.05, 4.69) is 53.9 Å². The number of pyridine rings is 1.